The van der Waals surface area contributed by atoms with Crippen molar-refractivity contribution in [2.24, 2.45) is 12.8 Å². The number of alkyl halides is 3. The molecule has 0 atom stereocenters. The summed E-state index contributed by atoms with van der Waals surface area (Å²) in [5.74, 6) is -0.706. The maximum absolute atomic E-state index is 14.1. The molecule has 32 heavy (non-hydrogen) atoms. The molecule has 166 valence electrons. The molecule has 0 bridgehead atoms. The third-order valence-corrected chi connectivity index (χ3v) is 4.61. The molecule has 2 aromatic carbocycles. The number of ether oxygens (including phenoxy) is 1. The number of aromatic nitrogens is 3. The number of rotatable bonds is 5. The molecule has 0 fully saturated rings. The number of aryl methyl sites for hydroxylation is 1. The number of halogens is 4. The largest absolute Gasteiger partial charge is 0.457 e. The first-order valence-corrected chi connectivity index (χ1v) is 9.16. The first-order valence-electron chi connectivity index (χ1n) is 9.16. The van der Waals surface area contributed by atoms with Crippen molar-refractivity contribution in [2.75, 3.05) is 5.32 Å². The Kier molecular flexibility index (Phi) is 5.17. The van der Waals surface area contributed by atoms with Crippen molar-refractivity contribution in [2.45, 2.75) is 6.18 Å². The van der Waals surface area contributed by atoms with Crippen LogP contribution in [0.1, 0.15) is 17.5 Å². The molecule has 0 spiro atoms. The Morgan fingerprint density at radius 1 is 1.12 bits per heavy atom. The average Bonchev–Trinajstić information content (AvgIpc) is 3.03. The van der Waals surface area contributed by atoms with E-state index in [9.17, 15) is 22.4 Å². The van der Waals surface area contributed by atoms with E-state index in [2.05, 4.69) is 15.3 Å². The van der Waals surface area contributed by atoms with Crippen molar-refractivity contribution in [3.05, 3.63) is 71.8 Å². The number of imidazole rings is 1. The average molecular weight is 447 g/mol. The van der Waals surface area contributed by atoms with Crippen LogP contribution < -0.4 is 15.8 Å². The number of fused-ring (bicyclic) bond motifs is 1. The van der Waals surface area contributed by atoms with Gasteiger partial charge in [0.25, 0.3) is 5.91 Å². The summed E-state index contributed by atoms with van der Waals surface area (Å²) < 4.78 is 60.3. The summed E-state index contributed by atoms with van der Waals surface area (Å²) in [7, 11) is 1.63. The lowest BCUT2D eigenvalue weighted by Crippen LogP contribution is -2.12. The van der Waals surface area contributed by atoms with Gasteiger partial charge in [-0.25, -0.2) is 9.37 Å². The van der Waals surface area contributed by atoms with E-state index >= 15 is 0 Å². The van der Waals surface area contributed by atoms with Crippen molar-refractivity contribution in [1.82, 2.24) is 14.5 Å². The van der Waals surface area contributed by atoms with Gasteiger partial charge in [-0.1, -0.05) is 0 Å². The minimum Gasteiger partial charge on any atom is -0.457 e. The van der Waals surface area contributed by atoms with Gasteiger partial charge in [-0.2, -0.15) is 13.2 Å². The Bertz CT molecular complexity index is 1340. The number of carbonyl (C=O) groups is 1. The predicted molar refractivity (Wildman–Crippen MR) is 110 cm³/mol. The van der Waals surface area contributed by atoms with E-state index in [1.807, 2.05) is 0 Å². The fourth-order valence-electron chi connectivity index (χ4n) is 3.02. The zero-order valence-electron chi connectivity index (χ0n) is 16.4. The van der Waals surface area contributed by atoms with Crippen LogP contribution in [0.25, 0.3) is 11.0 Å². The van der Waals surface area contributed by atoms with Gasteiger partial charge in [0, 0.05) is 26.8 Å². The quantitative estimate of drug-likeness (QED) is 0.420. The molecule has 0 unspecified atom stereocenters. The van der Waals surface area contributed by atoms with Gasteiger partial charge in [0.15, 0.2) is 0 Å². The number of benzene rings is 2. The standard InChI is InChI=1S/C21H15F4N5O2.H2/c1-30-18-5-3-12(32-13-6-7-27-17(10-13)19(26)31)9-16(18)29-20(30)28-15-8-11(21(23,24)25)2-4-14(15)22;/h2-10H,1H3,(H2,26,31)(H,28,29);1H. The molecule has 4 aromatic rings. The molecule has 4 rings (SSSR count). The third kappa shape index (κ3) is 4.17. The van der Waals surface area contributed by atoms with Gasteiger partial charge in [-0.3, -0.25) is 9.78 Å². The Morgan fingerprint density at radius 3 is 2.59 bits per heavy atom. The molecule has 1 amide bonds. The summed E-state index contributed by atoms with van der Waals surface area (Å²) in [6, 6.07) is 9.93. The zero-order valence-corrected chi connectivity index (χ0v) is 16.4. The lowest BCUT2D eigenvalue weighted by atomic mass is 10.2. The normalized spacial score (nSPS) is 11.5. The number of amides is 1. The van der Waals surface area contributed by atoms with Crippen LogP contribution in [-0.4, -0.2) is 20.4 Å². The van der Waals surface area contributed by atoms with Crippen LogP contribution in [0.15, 0.2) is 54.7 Å². The van der Waals surface area contributed by atoms with Gasteiger partial charge in [0.05, 0.1) is 22.3 Å². The van der Waals surface area contributed by atoms with E-state index in [-0.39, 0.29) is 18.8 Å². The molecule has 3 N–H and O–H groups in total. The van der Waals surface area contributed by atoms with Crippen LogP contribution in [0.5, 0.6) is 11.5 Å². The number of hydrogen-bond donors (Lipinski definition) is 2. The van der Waals surface area contributed by atoms with Crippen molar-refractivity contribution >= 4 is 28.6 Å². The van der Waals surface area contributed by atoms with Crippen molar-refractivity contribution in [1.29, 1.82) is 0 Å². The molecule has 0 aliphatic heterocycles. The molecular formula is C21H17F4N5O2. The summed E-state index contributed by atoms with van der Waals surface area (Å²) in [5.41, 5.74) is 4.98. The van der Waals surface area contributed by atoms with Gasteiger partial charge in [-0.15, -0.1) is 0 Å². The molecule has 0 saturated heterocycles. The molecule has 7 nitrogen and oxygen atoms in total. The molecule has 2 aromatic heterocycles. The van der Waals surface area contributed by atoms with Gasteiger partial charge < -0.3 is 20.4 Å². The summed E-state index contributed by atoms with van der Waals surface area (Å²) in [6.45, 7) is 0. The van der Waals surface area contributed by atoms with Crippen LogP contribution in [0, 0.1) is 5.82 Å². The first-order chi connectivity index (χ1) is 15.1. The topological polar surface area (TPSA) is 95.1 Å². The van der Waals surface area contributed by atoms with Crippen LogP contribution in [0.4, 0.5) is 29.2 Å². The smallest absolute Gasteiger partial charge is 0.416 e. The van der Waals surface area contributed by atoms with E-state index < -0.39 is 23.5 Å². The highest BCUT2D eigenvalue weighted by atomic mass is 19.4. The first kappa shape index (κ1) is 21.1. The fraction of sp³-hybridized carbons (Fsp3) is 0.0952. The fourth-order valence-corrected chi connectivity index (χ4v) is 3.02. The lowest BCUT2D eigenvalue weighted by molar-refractivity contribution is -0.137. The maximum atomic E-state index is 14.1. The third-order valence-electron chi connectivity index (χ3n) is 4.61. The number of primary amides is 1. The SMILES string of the molecule is Cn1c(Nc2cc(C(F)(F)F)ccc2F)nc2cc(Oc3ccnc(C(N)=O)c3)ccc21.[HH]. The minimum atomic E-state index is -4.61. The van der Waals surface area contributed by atoms with Crippen molar-refractivity contribution in [3.8, 4) is 11.5 Å². The monoisotopic (exact) mass is 447 g/mol. The van der Waals surface area contributed by atoms with Gasteiger partial charge in [0.1, 0.15) is 23.0 Å². The minimum absolute atomic E-state index is 0. The van der Waals surface area contributed by atoms with Gasteiger partial charge >= 0.3 is 6.18 Å². The highest BCUT2D eigenvalue weighted by molar-refractivity contribution is 5.91. The molecular weight excluding hydrogens is 430 g/mol. The number of nitrogens with two attached hydrogens (primary N) is 1. The second-order valence-corrected chi connectivity index (χ2v) is 6.81. The highest BCUT2D eigenvalue weighted by Gasteiger charge is 2.31. The molecule has 0 aliphatic rings. The highest BCUT2D eigenvalue weighted by Crippen LogP contribution is 2.33. The van der Waals surface area contributed by atoms with Crippen LogP contribution in [-0.2, 0) is 13.2 Å². The number of hydrogen-bond acceptors (Lipinski definition) is 5. The Labute approximate surface area is 179 Å². The summed E-state index contributed by atoms with van der Waals surface area (Å²) in [4.78, 5) is 19.4. The van der Waals surface area contributed by atoms with E-state index in [1.54, 1.807) is 35.9 Å². The maximum Gasteiger partial charge on any atom is 0.416 e. The number of nitrogens with one attached hydrogen (secondary N) is 1. The van der Waals surface area contributed by atoms with Crippen LogP contribution in [0.3, 0.4) is 0 Å². The van der Waals surface area contributed by atoms with Gasteiger partial charge in [-0.05, 0) is 36.4 Å². The van der Waals surface area contributed by atoms with Crippen LogP contribution in [0.2, 0.25) is 0 Å². The number of pyridine rings is 1. The van der Waals surface area contributed by atoms with E-state index in [0.29, 0.717) is 34.7 Å². The second kappa shape index (κ2) is 7.84. The molecule has 0 aliphatic carbocycles. The van der Waals surface area contributed by atoms with Crippen molar-refractivity contribution in [3.63, 3.8) is 0 Å². The Balaban J connectivity index is 0.00000306. The Morgan fingerprint density at radius 2 is 1.88 bits per heavy atom. The second-order valence-electron chi connectivity index (χ2n) is 6.81. The summed E-state index contributed by atoms with van der Waals surface area (Å²) in [5, 5.41) is 2.61. The van der Waals surface area contributed by atoms with Crippen LogP contribution >= 0.6 is 0 Å². The Hall–Kier alpha value is -4.15. The van der Waals surface area contributed by atoms with Gasteiger partial charge in [0.2, 0.25) is 5.95 Å². The number of nitrogens with zero attached hydrogens (tertiary/aromatic N) is 3. The number of carbonyl (C=O) groups excluding carboxylic acids is 1. The van der Waals surface area contributed by atoms with E-state index in [1.165, 1.54) is 12.3 Å². The molecule has 2 heterocycles. The lowest BCUT2D eigenvalue weighted by Gasteiger charge is -2.11. The summed E-state index contributed by atoms with van der Waals surface area (Å²) >= 11 is 0. The van der Waals surface area contributed by atoms with Crippen molar-refractivity contribution < 1.29 is 28.5 Å². The zero-order chi connectivity index (χ0) is 23.0. The van der Waals surface area contributed by atoms with E-state index in [0.717, 1.165) is 6.07 Å². The predicted octanol–water partition coefficient (Wildman–Crippen LogP) is 5.01. The summed E-state index contributed by atoms with van der Waals surface area (Å²) in [6.07, 6.45) is -3.23. The molecule has 11 heteroatoms. The number of anilines is 2. The van der Waals surface area contributed by atoms with E-state index in [4.69, 9.17) is 10.5 Å². The molecule has 0 radical (unpaired) electrons. The molecule has 0 saturated carbocycles.